The highest BCUT2D eigenvalue weighted by Gasteiger charge is 2.16. The largest absolute Gasteiger partial charge is 0.473 e. The molecular formula is C12H18N2O3. The van der Waals surface area contributed by atoms with Crippen molar-refractivity contribution in [1.29, 1.82) is 0 Å². The van der Waals surface area contributed by atoms with Crippen LogP contribution in [0.4, 0.5) is 0 Å². The average Bonchev–Trinajstić information content (AvgIpc) is 2.30. The van der Waals surface area contributed by atoms with E-state index in [1.165, 1.54) is 0 Å². The molecular weight excluding hydrogens is 220 g/mol. The van der Waals surface area contributed by atoms with Crippen LogP contribution in [0.3, 0.4) is 0 Å². The SMILES string of the molecule is CCOC(=O)c1cccnc1OC(C)CNC. The van der Waals surface area contributed by atoms with Gasteiger partial charge in [-0.2, -0.15) is 0 Å². The van der Waals surface area contributed by atoms with Crippen molar-refractivity contribution < 1.29 is 14.3 Å². The number of hydrogen-bond acceptors (Lipinski definition) is 5. The van der Waals surface area contributed by atoms with Crippen molar-refractivity contribution in [2.45, 2.75) is 20.0 Å². The molecule has 0 aromatic carbocycles. The van der Waals surface area contributed by atoms with Gasteiger partial charge in [-0.05, 0) is 33.0 Å². The van der Waals surface area contributed by atoms with Crippen molar-refractivity contribution in [2.24, 2.45) is 0 Å². The van der Waals surface area contributed by atoms with Crippen molar-refractivity contribution in [3.63, 3.8) is 0 Å². The summed E-state index contributed by atoms with van der Waals surface area (Å²) in [5.74, 6) is -0.0963. The summed E-state index contributed by atoms with van der Waals surface area (Å²) >= 11 is 0. The second kappa shape index (κ2) is 6.85. The summed E-state index contributed by atoms with van der Waals surface area (Å²) < 4.78 is 10.5. The van der Waals surface area contributed by atoms with E-state index in [4.69, 9.17) is 9.47 Å². The minimum atomic E-state index is -0.410. The fourth-order valence-electron chi connectivity index (χ4n) is 1.37. The first-order valence-electron chi connectivity index (χ1n) is 5.62. The van der Waals surface area contributed by atoms with Gasteiger partial charge in [-0.15, -0.1) is 0 Å². The minimum Gasteiger partial charge on any atom is -0.473 e. The van der Waals surface area contributed by atoms with Crippen LogP contribution in [-0.4, -0.2) is 37.3 Å². The molecule has 1 rings (SSSR count). The normalized spacial score (nSPS) is 11.9. The molecule has 0 saturated heterocycles. The summed E-state index contributed by atoms with van der Waals surface area (Å²) in [4.78, 5) is 15.7. The van der Waals surface area contributed by atoms with Crippen LogP contribution in [-0.2, 0) is 4.74 Å². The second-order valence-electron chi connectivity index (χ2n) is 3.56. The topological polar surface area (TPSA) is 60.5 Å². The molecule has 1 aromatic heterocycles. The number of likely N-dealkylation sites (N-methyl/N-ethyl adjacent to an activating group) is 1. The second-order valence-corrected chi connectivity index (χ2v) is 3.56. The Kier molecular flexibility index (Phi) is 5.42. The van der Waals surface area contributed by atoms with Crippen LogP contribution < -0.4 is 10.1 Å². The summed E-state index contributed by atoms with van der Waals surface area (Å²) in [6.07, 6.45) is 1.52. The molecule has 1 atom stereocenters. The number of hydrogen-bond donors (Lipinski definition) is 1. The third-order valence-electron chi connectivity index (χ3n) is 2.07. The molecule has 17 heavy (non-hydrogen) atoms. The third-order valence-corrected chi connectivity index (χ3v) is 2.07. The highest BCUT2D eigenvalue weighted by Crippen LogP contribution is 2.16. The molecule has 0 aliphatic heterocycles. The first-order chi connectivity index (χ1) is 8.19. The number of carbonyl (C=O) groups excluding carboxylic acids is 1. The summed E-state index contributed by atoms with van der Waals surface area (Å²) in [5.41, 5.74) is 0.359. The maximum atomic E-state index is 11.6. The molecule has 94 valence electrons. The zero-order valence-corrected chi connectivity index (χ0v) is 10.4. The number of rotatable bonds is 6. The number of aromatic nitrogens is 1. The van der Waals surface area contributed by atoms with Crippen molar-refractivity contribution in [2.75, 3.05) is 20.2 Å². The maximum absolute atomic E-state index is 11.6. The van der Waals surface area contributed by atoms with E-state index in [-0.39, 0.29) is 6.10 Å². The molecule has 0 radical (unpaired) electrons. The Balaban J connectivity index is 2.80. The Morgan fingerprint density at radius 3 is 3.00 bits per heavy atom. The Morgan fingerprint density at radius 1 is 1.59 bits per heavy atom. The van der Waals surface area contributed by atoms with Crippen molar-refractivity contribution >= 4 is 5.97 Å². The van der Waals surface area contributed by atoms with Crippen molar-refractivity contribution in [3.05, 3.63) is 23.9 Å². The zero-order valence-electron chi connectivity index (χ0n) is 10.4. The number of nitrogens with zero attached hydrogens (tertiary/aromatic N) is 1. The monoisotopic (exact) mass is 238 g/mol. The molecule has 0 spiro atoms. The van der Waals surface area contributed by atoms with Gasteiger partial charge in [-0.1, -0.05) is 0 Å². The molecule has 0 fully saturated rings. The lowest BCUT2D eigenvalue weighted by Gasteiger charge is -2.15. The zero-order chi connectivity index (χ0) is 12.7. The van der Waals surface area contributed by atoms with Crippen molar-refractivity contribution in [1.82, 2.24) is 10.3 Å². The molecule has 5 heteroatoms. The summed E-state index contributed by atoms with van der Waals surface area (Å²) in [6.45, 7) is 4.68. The van der Waals surface area contributed by atoms with Gasteiger partial charge in [0, 0.05) is 12.7 Å². The Bertz CT molecular complexity index is 369. The van der Waals surface area contributed by atoms with Gasteiger partial charge in [0.1, 0.15) is 11.7 Å². The van der Waals surface area contributed by atoms with E-state index in [1.54, 1.807) is 25.3 Å². The highest BCUT2D eigenvalue weighted by molar-refractivity contribution is 5.91. The van der Waals surface area contributed by atoms with Crippen LogP contribution in [0.1, 0.15) is 24.2 Å². The van der Waals surface area contributed by atoms with Crippen LogP contribution in [0, 0.1) is 0 Å². The lowest BCUT2D eigenvalue weighted by molar-refractivity contribution is 0.0518. The third kappa shape index (κ3) is 4.03. The predicted molar refractivity (Wildman–Crippen MR) is 64.2 cm³/mol. The van der Waals surface area contributed by atoms with E-state index in [0.29, 0.717) is 24.6 Å². The minimum absolute atomic E-state index is 0.0666. The van der Waals surface area contributed by atoms with Gasteiger partial charge in [-0.3, -0.25) is 0 Å². The van der Waals surface area contributed by atoms with Crippen LogP contribution in [0.2, 0.25) is 0 Å². The van der Waals surface area contributed by atoms with Gasteiger partial charge < -0.3 is 14.8 Å². The molecule has 5 nitrogen and oxygen atoms in total. The number of nitrogens with one attached hydrogen (secondary N) is 1. The predicted octanol–water partition coefficient (Wildman–Crippen LogP) is 1.24. The van der Waals surface area contributed by atoms with Crippen LogP contribution in [0.25, 0.3) is 0 Å². The Labute approximate surface area is 101 Å². The lowest BCUT2D eigenvalue weighted by atomic mass is 10.2. The van der Waals surface area contributed by atoms with E-state index in [9.17, 15) is 4.79 Å². The first-order valence-corrected chi connectivity index (χ1v) is 5.62. The van der Waals surface area contributed by atoms with E-state index < -0.39 is 5.97 Å². The standard InChI is InChI=1S/C12H18N2O3/c1-4-16-12(15)10-6-5-7-14-11(10)17-9(2)8-13-3/h5-7,9,13H,4,8H2,1-3H3. The van der Waals surface area contributed by atoms with E-state index in [2.05, 4.69) is 10.3 Å². The van der Waals surface area contributed by atoms with E-state index in [0.717, 1.165) is 0 Å². The van der Waals surface area contributed by atoms with E-state index >= 15 is 0 Å². The van der Waals surface area contributed by atoms with Gasteiger partial charge in [0.2, 0.25) is 5.88 Å². The molecule has 0 aliphatic rings. The van der Waals surface area contributed by atoms with E-state index in [1.807, 2.05) is 14.0 Å². The molecule has 1 N–H and O–H groups in total. The lowest BCUT2D eigenvalue weighted by Crippen LogP contribution is -2.27. The number of ether oxygens (including phenoxy) is 2. The van der Waals surface area contributed by atoms with Crippen LogP contribution in [0.15, 0.2) is 18.3 Å². The van der Waals surface area contributed by atoms with Gasteiger partial charge in [0.15, 0.2) is 0 Å². The summed E-state index contributed by atoms with van der Waals surface area (Å²) in [6, 6.07) is 3.33. The Hall–Kier alpha value is -1.62. The molecule has 0 bridgehead atoms. The van der Waals surface area contributed by atoms with Crippen LogP contribution in [0.5, 0.6) is 5.88 Å². The molecule has 1 unspecified atom stereocenters. The quantitative estimate of drug-likeness (QED) is 0.756. The number of carbonyl (C=O) groups is 1. The fourth-order valence-corrected chi connectivity index (χ4v) is 1.37. The number of esters is 1. The van der Waals surface area contributed by atoms with Gasteiger partial charge in [-0.25, -0.2) is 9.78 Å². The van der Waals surface area contributed by atoms with Gasteiger partial charge >= 0.3 is 5.97 Å². The Morgan fingerprint density at radius 2 is 2.35 bits per heavy atom. The number of pyridine rings is 1. The molecule has 0 aliphatic carbocycles. The molecule has 1 aromatic rings. The van der Waals surface area contributed by atoms with Crippen LogP contribution >= 0.6 is 0 Å². The highest BCUT2D eigenvalue weighted by atomic mass is 16.5. The average molecular weight is 238 g/mol. The molecule has 0 amide bonds. The molecule has 0 saturated carbocycles. The fraction of sp³-hybridized carbons (Fsp3) is 0.500. The van der Waals surface area contributed by atoms with Gasteiger partial charge in [0.05, 0.1) is 6.61 Å². The first kappa shape index (κ1) is 13.4. The molecule has 1 heterocycles. The smallest absolute Gasteiger partial charge is 0.343 e. The van der Waals surface area contributed by atoms with Crippen molar-refractivity contribution in [3.8, 4) is 5.88 Å². The van der Waals surface area contributed by atoms with Gasteiger partial charge in [0.25, 0.3) is 0 Å². The summed E-state index contributed by atoms with van der Waals surface area (Å²) in [7, 11) is 1.84. The maximum Gasteiger partial charge on any atom is 0.343 e. The summed E-state index contributed by atoms with van der Waals surface area (Å²) in [5, 5.41) is 2.99.